The second-order valence-electron chi connectivity index (χ2n) is 5.47. The highest BCUT2D eigenvalue weighted by Gasteiger charge is 2.16. The molecule has 23 heavy (non-hydrogen) atoms. The maximum absolute atomic E-state index is 12.3. The number of benzene rings is 2. The molecule has 120 valence electrons. The fraction of sp³-hybridized carbons (Fsp3) is 0.263. The Morgan fingerprint density at radius 2 is 1.43 bits per heavy atom. The van der Waals surface area contributed by atoms with E-state index in [-0.39, 0.29) is 12.5 Å². The van der Waals surface area contributed by atoms with Crippen LogP contribution in [0.3, 0.4) is 0 Å². The van der Waals surface area contributed by atoms with E-state index in [0.29, 0.717) is 19.4 Å². The summed E-state index contributed by atoms with van der Waals surface area (Å²) in [5.74, 6) is -1.11. The van der Waals surface area contributed by atoms with E-state index in [2.05, 4.69) is 0 Å². The number of hydrogen-bond donors (Lipinski definition) is 1. The molecule has 0 unspecified atom stereocenters. The van der Waals surface area contributed by atoms with Gasteiger partial charge in [-0.05, 0) is 24.0 Å². The average molecular weight is 311 g/mol. The third-order valence-corrected chi connectivity index (χ3v) is 3.59. The van der Waals surface area contributed by atoms with Gasteiger partial charge in [0.2, 0.25) is 5.91 Å². The van der Waals surface area contributed by atoms with Crippen molar-refractivity contribution in [3.63, 3.8) is 0 Å². The van der Waals surface area contributed by atoms with E-state index in [0.717, 1.165) is 12.0 Å². The summed E-state index contributed by atoms with van der Waals surface area (Å²) >= 11 is 0. The number of carboxylic acid groups (broad SMARTS) is 1. The summed E-state index contributed by atoms with van der Waals surface area (Å²) in [6.45, 7) is 0.0658. The molecular formula is C19H21NO3. The van der Waals surface area contributed by atoms with Gasteiger partial charge in [0.05, 0.1) is 0 Å². The Morgan fingerprint density at radius 1 is 0.870 bits per heavy atom. The normalized spacial score (nSPS) is 10.3. The molecule has 0 saturated heterocycles. The third kappa shape index (κ3) is 5.94. The van der Waals surface area contributed by atoms with Crippen LogP contribution < -0.4 is 0 Å². The molecule has 0 heterocycles. The summed E-state index contributed by atoms with van der Waals surface area (Å²) in [7, 11) is 0. The van der Waals surface area contributed by atoms with Gasteiger partial charge < -0.3 is 10.0 Å². The Balaban J connectivity index is 1.89. The Hall–Kier alpha value is -2.62. The van der Waals surface area contributed by atoms with Crippen LogP contribution in [0.1, 0.15) is 24.0 Å². The maximum Gasteiger partial charge on any atom is 0.323 e. The number of aryl methyl sites for hydroxylation is 1. The van der Waals surface area contributed by atoms with Crippen molar-refractivity contribution in [3.8, 4) is 0 Å². The molecule has 0 fully saturated rings. The summed E-state index contributed by atoms with van der Waals surface area (Å²) in [5, 5.41) is 9.02. The van der Waals surface area contributed by atoms with Gasteiger partial charge in [-0.2, -0.15) is 0 Å². The number of amides is 1. The predicted octanol–water partition coefficient (Wildman–Crippen LogP) is 3.12. The van der Waals surface area contributed by atoms with Crippen molar-refractivity contribution in [2.75, 3.05) is 6.54 Å². The van der Waals surface area contributed by atoms with Crippen LogP contribution in [0.25, 0.3) is 0 Å². The second-order valence-corrected chi connectivity index (χ2v) is 5.47. The number of carbonyl (C=O) groups excluding carboxylic acids is 1. The van der Waals surface area contributed by atoms with Crippen LogP contribution in [-0.4, -0.2) is 28.4 Å². The molecule has 2 aromatic carbocycles. The fourth-order valence-electron chi connectivity index (χ4n) is 2.45. The molecule has 0 bridgehead atoms. The van der Waals surface area contributed by atoms with Crippen LogP contribution in [0.5, 0.6) is 0 Å². The van der Waals surface area contributed by atoms with Crippen molar-refractivity contribution in [3.05, 3.63) is 71.8 Å². The Kier molecular flexibility index (Phi) is 6.36. The zero-order valence-electron chi connectivity index (χ0n) is 13.0. The number of carbonyl (C=O) groups is 2. The topological polar surface area (TPSA) is 57.6 Å². The Bertz CT molecular complexity index is 626. The van der Waals surface area contributed by atoms with Gasteiger partial charge >= 0.3 is 5.97 Å². The monoisotopic (exact) mass is 311 g/mol. The lowest BCUT2D eigenvalue weighted by molar-refractivity contribution is -0.144. The lowest BCUT2D eigenvalue weighted by Gasteiger charge is -2.21. The van der Waals surface area contributed by atoms with E-state index < -0.39 is 5.97 Å². The quantitative estimate of drug-likeness (QED) is 0.815. The highest BCUT2D eigenvalue weighted by atomic mass is 16.4. The first kappa shape index (κ1) is 16.7. The van der Waals surface area contributed by atoms with Gasteiger partial charge in [0.15, 0.2) is 0 Å². The first-order valence-electron chi connectivity index (χ1n) is 7.72. The third-order valence-electron chi connectivity index (χ3n) is 3.59. The van der Waals surface area contributed by atoms with Crippen molar-refractivity contribution < 1.29 is 14.7 Å². The van der Waals surface area contributed by atoms with E-state index in [9.17, 15) is 9.59 Å². The summed E-state index contributed by atoms with van der Waals surface area (Å²) in [6.07, 6.45) is 1.89. The molecule has 0 spiro atoms. The van der Waals surface area contributed by atoms with E-state index in [4.69, 9.17) is 5.11 Å². The van der Waals surface area contributed by atoms with Crippen molar-refractivity contribution in [1.29, 1.82) is 0 Å². The predicted molar refractivity (Wildman–Crippen MR) is 88.9 cm³/mol. The lowest BCUT2D eigenvalue weighted by atomic mass is 10.1. The van der Waals surface area contributed by atoms with Gasteiger partial charge in [-0.3, -0.25) is 9.59 Å². The van der Waals surface area contributed by atoms with Gasteiger partial charge in [0.25, 0.3) is 0 Å². The Morgan fingerprint density at radius 3 is 2.00 bits per heavy atom. The van der Waals surface area contributed by atoms with Crippen molar-refractivity contribution in [1.82, 2.24) is 4.90 Å². The first-order chi connectivity index (χ1) is 11.1. The molecule has 4 nitrogen and oxygen atoms in total. The van der Waals surface area contributed by atoms with Crippen molar-refractivity contribution in [2.24, 2.45) is 0 Å². The fourth-order valence-corrected chi connectivity index (χ4v) is 2.45. The van der Waals surface area contributed by atoms with Gasteiger partial charge in [-0.25, -0.2) is 0 Å². The molecule has 0 atom stereocenters. The summed E-state index contributed by atoms with van der Waals surface area (Å²) in [6, 6.07) is 19.4. The maximum atomic E-state index is 12.3. The second kappa shape index (κ2) is 8.73. The van der Waals surface area contributed by atoms with Crippen molar-refractivity contribution >= 4 is 11.9 Å². The molecular weight excluding hydrogens is 290 g/mol. The summed E-state index contributed by atoms with van der Waals surface area (Å²) in [4.78, 5) is 24.7. The minimum atomic E-state index is -0.989. The van der Waals surface area contributed by atoms with Crippen LogP contribution in [0.2, 0.25) is 0 Å². The van der Waals surface area contributed by atoms with Crippen LogP contribution in [0, 0.1) is 0 Å². The number of nitrogens with zero attached hydrogens (tertiary/aromatic N) is 1. The minimum Gasteiger partial charge on any atom is -0.480 e. The number of carboxylic acids is 1. The zero-order valence-corrected chi connectivity index (χ0v) is 13.0. The van der Waals surface area contributed by atoms with E-state index in [1.165, 1.54) is 10.5 Å². The molecule has 0 aliphatic rings. The van der Waals surface area contributed by atoms with Crippen LogP contribution >= 0.6 is 0 Å². The standard InChI is InChI=1S/C19H21NO3/c21-18(13-7-12-16-8-3-1-4-9-16)20(15-19(22)23)14-17-10-5-2-6-11-17/h1-6,8-11H,7,12-15H2,(H,22,23). The zero-order chi connectivity index (χ0) is 16.5. The molecule has 0 aliphatic heterocycles. The molecule has 0 radical (unpaired) electrons. The molecule has 2 aromatic rings. The molecule has 0 saturated carbocycles. The van der Waals surface area contributed by atoms with Crippen LogP contribution in [-0.2, 0) is 22.6 Å². The number of aliphatic carboxylic acids is 1. The molecule has 1 N–H and O–H groups in total. The summed E-state index contributed by atoms with van der Waals surface area (Å²) < 4.78 is 0. The van der Waals surface area contributed by atoms with E-state index >= 15 is 0 Å². The number of rotatable bonds is 8. The van der Waals surface area contributed by atoms with Gasteiger partial charge in [-0.1, -0.05) is 60.7 Å². The minimum absolute atomic E-state index is 0.118. The van der Waals surface area contributed by atoms with Crippen molar-refractivity contribution in [2.45, 2.75) is 25.8 Å². The SMILES string of the molecule is O=C(O)CN(Cc1ccccc1)C(=O)CCCc1ccccc1. The molecule has 4 heteroatoms. The smallest absolute Gasteiger partial charge is 0.323 e. The van der Waals surface area contributed by atoms with Gasteiger partial charge in [0, 0.05) is 13.0 Å². The van der Waals surface area contributed by atoms with Gasteiger partial charge in [0.1, 0.15) is 6.54 Å². The van der Waals surface area contributed by atoms with E-state index in [1.807, 2.05) is 60.7 Å². The molecule has 2 rings (SSSR count). The molecule has 0 aromatic heterocycles. The summed E-state index contributed by atoms with van der Waals surface area (Å²) in [5.41, 5.74) is 2.12. The average Bonchev–Trinajstić information content (AvgIpc) is 2.56. The molecule has 0 aliphatic carbocycles. The molecule has 1 amide bonds. The first-order valence-corrected chi connectivity index (χ1v) is 7.72. The lowest BCUT2D eigenvalue weighted by Crippen LogP contribution is -2.35. The van der Waals surface area contributed by atoms with Crippen LogP contribution in [0.4, 0.5) is 0 Å². The highest BCUT2D eigenvalue weighted by molar-refractivity contribution is 5.81. The van der Waals surface area contributed by atoms with Crippen LogP contribution in [0.15, 0.2) is 60.7 Å². The Labute approximate surface area is 136 Å². The largest absolute Gasteiger partial charge is 0.480 e. The number of hydrogen-bond acceptors (Lipinski definition) is 2. The highest BCUT2D eigenvalue weighted by Crippen LogP contribution is 2.10. The van der Waals surface area contributed by atoms with E-state index in [1.54, 1.807) is 0 Å². The van der Waals surface area contributed by atoms with Gasteiger partial charge in [-0.15, -0.1) is 0 Å².